The second-order valence-electron chi connectivity index (χ2n) is 6.06. The van der Waals surface area contributed by atoms with Crippen molar-refractivity contribution in [1.82, 2.24) is 5.32 Å². The van der Waals surface area contributed by atoms with Crippen LogP contribution in [-0.4, -0.2) is 24.1 Å². The molecule has 1 amide bonds. The molecule has 30 heavy (non-hydrogen) atoms. The summed E-state index contributed by atoms with van der Waals surface area (Å²) >= 11 is 5.19. The number of amides is 1. The number of nitrogens with one attached hydrogen (secondary N) is 2. The van der Waals surface area contributed by atoms with E-state index in [9.17, 15) is 9.59 Å². The minimum absolute atomic E-state index is 0.127. The van der Waals surface area contributed by atoms with Gasteiger partial charge in [0.25, 0.3) is 5.91 Å². The fourth-order valence-electron chi connectivity index (χ4n) is 2.46. The third-order valence-corrected chi connectivity index (χ3v) is 4.14. The van der Waals surface area contributed by atoms with Crippen LogP contribution < -0.4 is 10.6 Å². The molecule has 0 spiro atoms. The Kier molecular flexibility index (Phi) is 6.96. The molecular weight excluding hydrogens is 400 g/mol. The molecule has 3 rings (SSSR count). The van der Waals surface area contributed by atoms with Gasteiger partial charge in [-0.15, -0.1) is 0 Å². The predicted molar refractivity (Wildman–Crippen MR) is 119 cm³/mol. The molecule has 0 atom stereocenters. The van der Waals surface area contributed by atoms with E-state index in [1.54, 1.807) is 42.5 Å². The van der Waals surface area contributed by atoms with Crippen LogP contribution in [0.1, 0.15) is 20.7 Å². The molecule has 0 aliphatic carbocycles. The third-order valence-electron chi connectivity index (χ3n) is 3.94. The van der Waals surface area contributed by atoms with Crippen LogP contribution in [0, 0.1) is 0 Å². The normalized spacial score (nSPS) is 10.4. The largest absolute Gasteiger partial charge is 0.465 e. The maximum atomic E-state index is 12.4. The van der Waals surface area contributed by atoms with E-state index in [1.165, 1.54) is 13.2 Å². The van der Waals surface area contributed by atoms with Gasteiger partial charge in [-0.25, -0.2) is 4.79 Å². The summed E-state index contributed by atoms with van der Waals surface area (Å²) in [6.45, 7) is 0. The van der Waals surface area contributed by atoms with E-state index in [4.69, 9.17) is 12.2 Å². The van der Waals surface area contributed by atoms with E-state index < -0.39 is 11.9 Å². The number of esters is 1. The fraction of sp³-hybridized carbons (Fsp3) is 0.0455. The van der Waals surface area contributed by atoms with Gasteiger partial charge in [-0.3, -0.25) is 10.1 Å². The number of carbonyl (C=O) groups excluding carboxylic acids is 2. The molecule has 0 bridgehead atoms. The van der Waals surface area contributed by atoms with E-state index in [0.717, 1.165) is 5.69 Å². The highest BCUT2D eigenvalue weighted by Gasteiger charge is 2.12. The Hall–Kier alpha value is -3.91. The first-order chi connectivity index (χ1) is 14.5. The van der Waals surface area contributed by atoms with Crippen LogP contribution in [0.25, 0.3) is 0 Å². The van der Waals surface area contributed by atoms with Gasteiger partial charge in [0.05, 0.1) is 24.0 Å². The molecule has 8 heteroatoms. The lowest BCUT2D eigenvalue weighted by Gasteiger charge is -2.10. The number of ether oxygens (including phenoxy) is 1. The van der Waals surface area contributed by atoms with E-state index in [0.29, 0.717) is 16.9 Å². The molecule has 0 saturated heterocycles. The van der Waals surface area contributed by atoms with E-state index in [1.807, 2.05) is 30.3 Å². The number of thiocarbonyl (C=S) groups is 1. The number of azo groups is 1. The zero-order chi connectivity index (χ0) is 21.3. The number of carbonyl (C=O) groups is 2. The predicted octanol–water partition coefficient (Wildman–Crippen LogP) is 5.02. The van der Waals surface area contributed by atoms with Gasteiger partial charge in [0.15, 0.2) is 5.11 Å². The number of benzene rings is 3. The molecule has 0 saturated carbocycles. The Bertz CT molecular complexity index is 1080. The molecular formula is C22H18N4O3S. The summed E-state index contributed by atoms with van der Waals surface area (Å²) < 4.78 is 4.66. The summed E-state index contributed by atoms with van der Waals surface area (Å²) in [6, 6.07) is 22.7. The van der Waals surface area contributed by atoms with Crippen molar-refractivity contribution in [3.63, 3.8) is 0 Å². The molecule has 2 N–H and O–H groups in total. The van der Waals surface area contributed by atoms with Crippen LogP contribution in [-0.2, 0) is 4.74 Å². The van der Waals surface area contributed by atoms with Crippen molar-refractivity contribution in [2.75, 3.05) is 12.4 Å². The minimum atomic E-state index is -0.519. The Morgan fingerprint density at radius 3 is 2.13 bits per heavy atom. The molecule has 0 aliphatic rings. The van der Waals surface area contributed by atoms with Crippen molar-refractivity contribution < 1.29 is 14.3 Å². The molecule has 0 heterocycles. The first kappa shape index (κ1) is 20.8. The summed E-state index contributed by atoms with van der Waals surface area (Å²) in [5.41, 5.74) is 2.70. The molecule has 7 nitrogen and oxygen atoms in total. The highest BCUT2D eigenvalue weighted by molar-refractivity contribution is 7.80. The summed E-state index contributed by atoms with van der Waals surface area (Å²) in [5, 5.41) is 14.0. The SMILES string of the molecule is COC(=O)c1cccc(C(=O)NC(=S)Nc2ccc(N=Nc3ccccc3)cc2)c1. The molecule has 3 aromatic carbocycles. The maximum Gasteiger partial charge on any atom is 0.337 e. The van der Waals surface area contributed by atoms with Gasteiger partial charge in [0.2, 0.25) is 0 Å². The summed E-state index contributed by atoms with van der Waals surface area (Å²) in [7, 11) is 1.28. The first-order valence-corrected chi connectivity index (χ1v) is 9.33. The van der Waals surface area contributed by atoms with Crippen LogP contribution in [0.15, 0.2) is 89.1 Å². The summed E-state index contributed by atoms with van der Waals surface area (Å²) in [5.74, 6) is -0.957. The lowest BCUT2D eigenvalue weighted by molar-refractivity contribution is 0.0600. The molecule has 0 aliphatic heterocycles. The summed E-state index contributed by atoms with van der Waals surface area (Å²) in [4.78, 5) is 24.0. The molecule has 0 fully saturated rings. The van der Waals surface area contributed by atoms with Crippen molar-refractivity contribution in [3.8, 4) is 0 Å². The van der Waals surface area contributed by atoms with Gasteiger partial charge in [-0.1, -0.05) is 24.3 Å². The number of rotatable bonds is 5. The smallest absolute Gasteiger partial charge is 0.337 e. The molecule has 0 aromatic heterocycles. The average Bonchev–Trinajstić information content (AvgIpc) is 2.78. The molecule has 150 valence electrons. The van der Waals surface area contributed by atoms with Crippen molar-refractivity contribution in [3.05, 3.63) is 90.0 Å². The fourth-order valence-corrected chi connectivity index (χ4v) is 2.67. The number of methoxy groups -OCH3 is 1. The van der Waals surface area contributed by atoms with E-state index in [-0.39, 0.29) is 10.7 Å². The maximum absolute atomic E-state index is 12.4. The van der Waals surface area contributed by atoms with Crippen LogP contribution in [0.5, 0.6) is 0 Å². The Morgan fingerprint density at radius 2 is 1.47 bits per heavy atom. The second-order valence-corrected chi connectivity index (χ2v) is 6.47. The first-order valence-electron chi connectivity index (χ1n) is 8.93. The highest BCUT2D eigenvalue weighted by atomic mass is 32.1. The third kappa shape index (κ3) is 5.79. The molecule has 0 radical (unpaired) electrons. The average molecular weight is 418 g/mol. The molecule has 0 unspecified atom stereocenters. The highest BCUT2D eigenvalue weighted by Crippen LogP contribution is 2.20. The Labute approximate surface area is 178 Å². The van der Waals surface area contributed by atoms with Crippen molar-refractivity contribution in [2.24, 2.45) is 10.2 Å². The Morgan fingerprint density at radius 1 is 0.833 bits per heavy atom. The lowest BCUT2D eigenvalue weighted by Crippen LogP contribution is -2.34. The van der Waals surface area contributed by atoms with Crippen LogP contribution in [0.2, 0.25) is 0 Å². The lowest BCUT2D eigenvalue weighted by atomic mass is 10.1. The van der Waals surface area contributed by atoms with Gasteiger partial charge < -0.3 is 10.1 Å². The zero-order valence-corrected chi connectivity index (χ0v) is 16.8. The van der Waals surface area contributed by atoms with Crippen LogP contribution >= 0.6 is 12.2 Å². The quantitative estimate of drug-likeness (QED) is 0.345. The standard InChI is InChI=1S/C22H18N4O3S/c1-29-21(28)16-7-5-6-15(14-16)20(27)24-22(30)23-17-10-12-19(13-11-17)26-25-18-8-3-2-4-9-18/h2-14H,1H3,(H2,23,24,27,30). The topological polar surface area (TPSA) is 92.2 Å². The summed E-state index contributed by atoms with van der Waals surface area (Å²) in [6.07, 6.45) is 0. The number of hydrogen-bond acceptors (Lipinski definition) is 6. The van der Waals surface area contributed by atoms with Gasteiger partial charge in [0.1, 0.15) is 0 Å². The van der Waals surface area contributed by atoms with Gasteiger partial charge in [-0.05, 0) is 66.8 Å². The zero-order valence-electron chi connectivity index (χ0n) is 16.0. The van der Waals surface area contributed by atoms with Gasteiger partial charge >= 0.3 is 5.97 Å². The second kappa shape index (κ2) is 10.0. The number of hydrogen-bond donors (Lipinski definition) is 2. The van der Waals surface area contributed by atoms with Crippen molar-refractivity contribution >= 4 is 46.3 Å². The number of anilines is 1. The van der Waals surface area contributed by atoms with Crippen LogP contribution in [0.3, 0.4) is 0 Å². The monoisotopic (exact) mass is 418 g/mol. The Balaban J connectivity index is 1.57. The van der Waals surface area contributed by atoms with Gasteiger partial charge in [0, 0.05) is 11.3 Å². The molecule has 3 aromatic rings. The minimum Gasteiger partial charge on any atom is -0.465 e. The van der Waals surface area contributed by atoms with E-state index in [2.05, 4.69) is 25.6 Å². The number of nitrogens with zero attached hydrogens (tertiary/aromatic N) is 2. The van der Waals surface area contributed by atoms with Crippen LogP contribution in [0.4, 0.5) is 17.1 Å². The van der Waals surface area contributed by atoms with Crippen molar-refractivity contribution in [2.45, 2.75) is 0 Å². The van der Waals surface area contributed by atoms with Gasteiger partial charge in [-0.2, -0.15) is 10.2 Å². The van der Waals surface area contributed by atoms with E-state index >= 15 is 0 Å². The van der Waals surface area contributed by atoms with Crippen molar-refractivity contribution in [1.29, 1.82) is 0 Å².